The molecule has 1 saturated heterocycles. The van der Waals surface area contributed by atoms with Crippen LogP contribution in [0.5, 0.6) is 0 Å². The molecular formula is C33H49N3O14. The van der Waals surface area contributed by atoms with Crippen molar-refractivity contribution in [3.05, 3.63) is 29.3 Å². The molecule has 1 aromatic carbocycles. The zero-order chi connectivity index (χ0) is 35.8. The summed E-state index contributed by atoms with van der Waals surface area (Å²) in [5, 5.41) is 5.32. The van der Waals surface area contributed by atoms with E-state index < -0.39 is 29.7 Å². The highest BCUT2D eigenvalue weighted by molar-refractivity contribution is 6.25. The maximum absolute atomic E-state index is 13.1. The normalized spacial score (nSPS) is 15.8. The minimum Gasteiger partial charge on any atom is -0.469 e. The highest BCUT2D eigenvalue weighted by atomic mass is 16.6. The summed E-state index contributed by atoms with van der Waals surface area (Å²) in [7, 11) is 1.34. The maximum Gasteiger partial charge on any atom is 0.307 e. The first kappa shape index (κ1) is 40.9. The van der Waals surface area contributed by atoms with E-state index in [1.54, 1.807) is 18.2 Å². The molecule has 2 heterocycles. The van der Waals surface area contributed by atoms with Crippen molar-refractivity contribution in [3.8, 4) is 0 Å². The van der Waals surface area contributed by atoms with Gasteiger partial charge in [0.05, 0.1) is 130 Å². The Morgan fingerprint density at radius 2 is 1.18 bits per heavy atom. The smallest absolute Gasteiger partial charge is 0.307 e. The Morgan fingerprint density at radius 3 is 1.66 bits per heavy atom. The summed E-state index contributed by atoms with van der Waals surface area (Å²) in [6, 6.07) is 3.89. The molecule has 0 aromatic heterocycles. The van der Waals surface area contributed by atoms with Crippen LogP contribution in [0.15, 0.2) is 18.2 Å². The molecule has 17 nitrogen and oxygen atoms in total. The number of hydrogen-bond donors (Lipinski definition) is 2. The number of piperidine rings is 1. The van der Waals surface area contributed by atoms with Crippen LogP contribution >= 0.6 is 0 Å². The van der Waals surface area contributed by atoms with Gasteiger partial charge in [0.1, 0.15) is 6.04 Å². The largest absolute Gasteiger partial charge is 0.469 e. The molecular weight excluding hydrogens is 662 g/mol. The molecule has 0 saturated carbocycles. The third-order valence-electron chi connectivity index (χ3n) is 7.31. The highest BCUT2D eigenvalue weighted by Crippen LogP contribution is 2.32. The highest BCUT2D eigenvalue weighted by Gasteiger charge is 2.45. The number of carbonyl (C=O) groups excluding carboxylic acids is 5. The lowest BCUT2D eigenvalue weighted by Gasteiger charge is -2.27. The minimum absolute atomic E-state index is 0.0639. The fourth-order valence-corrected chi connectivity index (χ4v) is 4.82. The first-order valence-corrected chi connectivity index (χ1v) is 16.7. The summed E-state index contributed by atoms with van der Waals surface area (Å²) in [5.41, 5.74) is 0.898. The standard InChI is InChI=1S/C33H49N3O14/c1-42-29(38)7-9-43-11-13-45-15-17-47-19-21-49-23-24-50-22-20-48-18-16-46-14-12-44-10-8-34-26-4-2-3-25-30(26)33(41)36(32(25)40)27-5-6-28(37)35-31(27)39/h2-4,27,34H,5-24H2,1H3,(H,35,37,39). The molecule has 1 aromatic rings. The molecule has 4 amide bonds. The number of nitrogens with zero attached hydrogens (tertiary/aromatic N) is 1. The Balaban J connectivity index is 1.06. The van der Waals surface area contributed by atoms with Gasteiger partial charge in [-0.3, -0.25) is 34.2 Å². The van der Waals surface area contributed by atoms with Crippen LogP contribution in [0.25, 0.3) is 0 Å². The minimum atomic E-state index is -1.01. The van der Waals surface area contributed by atoms with E-state index in [0.29, 0.717) is 118 Å². The fourth-order valence-electron chi connectivity index (χ4n) is 4.82. The van der Waals surface area contributed by atoms with Gasteiger partial charge in [0.25, 0.3) is 11.8 Å². The van der Waals surface area contributed by atoms with Crippen LogP contribution in [0, 0.1) is 0 Å². The SMILES string of the molecule is COC(=O)CCOCCOCCOCCOCCOCCOCCOCCOCCNc1cccc2c1C(=O)N(C1CCC(=O)NC1=O)C2=O. The van der Waals surface area contributed by atoms with Crippen LogP contribution in [0.2, 0.25) is 0 Å². The number of esters is 1. The van der Waals surface area contributed by atoms with Gasteiger partial charge in [-0.25, -0.2) is 0 Å². The average molecular weight is 712 g/mol. The molecule has 2 aliphatic heterocycles. The molecule has 1 atom stereocenters. The number of nitrogens with one attached hydrogen (secondary N) is 2. The Bertz CT molecular complexity index is 1220. The van der Waals surface area contributed by atoms with Crippen molar-refractivity contribution in [1.82, 2.24) is 10.2 Å². The summed E-state index contributed by atoms with van der Waals surface area (Å²) >= 11 is 0. The Hall–Kier alpha value is -3.55. The van der Waals surface area contributed by atoms with Crippen LogP contribution in [0.1, 0.15) is 40.0 Å². The van der Waals surface area contributed by atoms with Gasteiger partial charge in [-0.05, 0) is 18.6 Å². The Morgan fingerprint density at radius 1 is 0.700 bits per heavy atom. The van der Waals surface area contributed by atoms with E-state index in [1.165, 1.54) is 7.11 Å². The topological polar surface area (TPSA) is 196 Å². The van der Waals surface area contributed by atoms with Gasteiger partial charge in [0, 0.05) is 18.7 Å². The monoisotopic (exact) mass is 711 g/mol. The molecule has 2 aliphatic rings. The van der Waals surface area contributed by atoms with Crippen molar-refractivity contribution in [3.63, 3.8) is 0 Å². The Labute approximate surface area is 291 Å². The zero-order valence-electron chi connectivity index (χ0n) is 28.6. The van der Waals surface area contributed by atoms with E-state index in [0.717, 1.165) is 4.90 Å². The molecule has 1 fully saturated rings. The molecule has 50 heavy (non-hydrogen) atoms. The second-order valence-electron chi connectivity index (χ2n) is 10.8. The molecule has 0 spiro atoms. The van der Waals surface area contributed by atoms with E-state index in [2.05, 4.69) is 15.4 Å². The van der Waals surface area contributed by atoms with E-state index >= 15 is 0 Å². The van der Waals surface area contributed by atoms with Crippen molar-refractivity contribution >= 4 is 35.3 Å². The summed E-state index contributed by atoms with van der Waals surface area (Å²) in [5.74, 6) is -2.48. The Kier molecular flexibility index (Phi) is 20.1. The summed E-state index contributed by atoms with van der Waals surface area (Å²) in [6.45, 7) is 7.07. The number of carbonyl (C=O) groups is 5. The molecule has 3 rings (SSSR count). The molecule has 0 aliphatic carbocycles. The first-order chi connectivity index (χ1) is 24.4. The average Bonchev–Trinajstić information content (AvgIpc) is 3.37. The third-order valence-corrected chi connectivity index (χ3v) is 7.31. The summed E-state index contributed by atoms with van der Waals surface area (Å²) in [4.78, 5) is 61.7. The number of benzene rings is 1. The molecule has 17 heteroatoms. The van der Waals surface area contributed by atoms with Gasteiger partial charge < -0.3 is 47.9 Å². The predicted octanol–water partition coefficient (Wildman–Crippen LogP) is 0.196. The predicted molar refractivity (Wildman–Crippen MR) is 175 cm³/mol. The van der Waals surface area contributed by atoms with Crippen LogP contribution in [0.3, 0.4) is 0 Å². The van der Waals surface area contributed by atoms with E-state index in [-0.39, 0.29) is 36.4 Å². The number of ether oxygens (including phenoxy) is 9. The van der Waals surface area contributed by atoms with Gasteiger partial charge in [-0.2, -0.15) is 0 Å². The third kappa shape index (κ3) is 14.7. The van der Waals surface area contributed by atoms with Crippen molar-refractivity contribution in [1.29, 1.82) is 0 Å². The van der Waals surface area contributed by atoms with Crippen LogP contribution < -0.4 is 10.6 Å². The number of imide groups is 2. The van der Waals surface area contributed by atoms with Gasteiger partial charge in [0.15, 0.2) is 0 Å². The lowest BCUT2D eigenvalue weighted by molar-refractivity contribution is -0.142. The quantitative estimate of drug-likeness (QED) is 0.0649. The van der Waals surface area contributed by atoms with E-state index in [9.17, 15) is 24.0 Å². The molecule has 0 bridgehead atoms. The van der Waals surface area contributed by atoms with Gasteiger partial charge >= 0.3 is 5.97 Å². The lowest BCUT2D eigenvalue weighted by Crippen LogP contribution is -2.54. The number of rotatable bonds is 29. The van der Waals surface area contributed by atoms with E-state index in [4.69, 9.17) is 37.9 Å². The number of methoxy groups -OCH3 is 1. The van der Waals surface area contributed by atoms with Crippen molar-refractivity contribution < 1.29 is 66.6 Å². The second kappa shape index (κ2) is 24.6. The number of anilines is 1. The first-order valence-electron chi connectivity index (χ1n) is 16.7. The number of fused-ring (bicyclic) bond motifs is 1. The number of amides is 4. The summed E-state index contributed by atoms with van der Waals surface area (Å²) < 4.78 is 48.0. The molecule has 0 radical (unpaired) electrons. The van der Waals surface area contributed by atoms with Gasteiger partial charge in [0.2, 0.25) is 11.8 Å². The number of hydrogen-bond acceptors (Lipinski definition) is 15. The second-order valence-corrected chi connectivity index (χ2v) is 10.8. The van der Waals surface area contributed by atoms with Crippen LogP contribution in [0.4, 0.5) is 5.69 Å². The maximum atomic E-state index is 13.1. The van der Waals surface area contributed by atoms with Crippen LogP contribution in [-0.2, 0) is 57.0 Å². The molecule has 280 valence electrons. The lowest BCUT2D eigenvalue weighted by atomic mass is 10.0. The molecule has 2 N–H and O–H groups in total. The van der Waals surface area contributed by atoms with Crippen LogP contribution in [-0.4, -0.2) is 160 Å². The summed E-state index contributed by atoms with van der Waals surface area (Å²) in [6.07, 6.45) is 0.394. The van der Waals surface area contributed by atoms with Gasteiger partial charge in [-0.1, -0.05) is 6.07 Å². The van der Waals surface area contributed by atoms with Crippen molar-refractivity contribution in [2.75, 3.05) is 125 Å². The van der Waals surface area contributed by atoms with Crippen molar-refractivity contribution in [2.24, 2.45) is 0 Å². The zero-order valence-corrected chi connectivity index (χ0v) is 28.6. The fraction of sp³-hybridized carbons (Fsp3) is 0.667. The van der Waals surface area contributed by atoms with Crippen molar-refractivity contribution in [2.45, 2.75) is 25.3 Å². The van der Waals surface area contributed by atoms with E-state index in [1.807, 2.05) is 0 Å². The molecule has 1 unspecified atom stereocenters. The van der Waals surface area contributed by atoms with Gasteiger partial charge in [-0.15, -0.1) is 0 Å².